The van der Waals surface area contributed by atoms with Gasteiger partial charge in [0.2, 0.25) is 11.7 Å². The molecule has 1 aromatic rings. The summed E-state index contributed by atoms with van der Waals surface area (Å²) in [6.45, 7) is 0. The lowest BCUT2D eigenvalue weighted by atomic mass is 9.99. The summed E-state index contributed by atoms with van der Waals surface area (Å²) in [5, 5.41) is 2.51. The summed E-state index contributed by atoms with van der Waals surface area (Å²) in [7, 11) is 5.79. The number of aryl methyl sites for hydroxylation is 1. The van der Waals surface area contributed by atoms with E-state index in [9.17, 15) is 14.4 Å². The van der Waals surface area contributed by atoms with E-state index in [1.807, 2.05) is 0 Å². The molecule has 0 radical (unpaired) electrons. The zero-order chi connectivity index (χ0) is 21.3. The van der Waals surface area contributed by atoms with Crippen molar-refractivity contribution in [1.29, 1.82) is 0 Å². The van der Waals surface area contributed by atoms with Crippen molar-refractivity contribution in [3.63, 3.8) is 0 Å². The van der Waals surface area contributed by atoms with Gasteiger partial charge in [0.25, 0.3) is 11.1 Å². The number of ether oxygens (including phenoxy) is 3. The van der Waals surface area contributed by atoms with Crippen LogP contribution in [-0.4, -0.2) is 46.9 Å². The number of hydrogen-bond donors (Lipinski definition) is 2. The summed E-state index contributed by atoms with van der Waals surface area (Å²) in [5.74, 6) is 0.346. The number of carbonyl (C=O) groups excluding carboxylic acids is 1. The number of hydrogen-bond acceptors (Lipinski definition) is 9. The number of aromatic nitrogens is 4. The second kappa shape index (κ2) is 7.62. The molecule has 2 aliphatic rings. The number of methoxy groups -OCH3 is 3. The fourth-order valence-electron chi connectivity index (χ4n) is 3.01. The molecule has 0 fully saturated rings. The van der Waals surface area contributed by atoms with E-state index in [0.29, 0.717) is 5.75 Å². The predicted octanol–water partition coefficient (Wildman–Crippen LogP) is 0.00180. The summed E-state index contributed by atoms with van der Waals surface area (Å²) in [6.07, 6.45) is -0.367. The van der Waals surface area contributed by atoms with E-state index in [-0.39, 0.29) is 46.4 Å². The molecule has 0 saturated heterocycles. The molecule has 0 bridgehead atoms. The van der Waals surface area contributed by atoms with Crippen LogP contribution in [0.15, 0.2) is 21.7 Å². The molecule has 0 amide bonds. The van der Waals surface area contributed by atoms with Crippen molar-refractivity contribution >= 4 is 11.7 Å². The first-order valence-corrected chi connectivity index (χ1v) is 8.39. The minimum atomic E-state index is -0.734. The van der Waals surface area contributed by atoms with Crippen LogP contribution < -0.4 is 31.1 Å². The molecule has 3 rings (SSSR count). The molecule has 0 unspecified atom stereocenters. The molecular weight excluding hydrogens is 382 g/mol. The van der Waals surface area contributed by atoms with Crippen LogP contribution in [0.25, 0.3) is 11.4 Å². The van der Waals surface area contributed by atoms with Gasteiger partial charge < -0.3 is 19.9 Å². The van der Waals surface area contributed by atoms with Crippen LogP contribution in [0.1, 0.15) is 15.9 Å². The fraction of sp³-hybridized carbons (Fsp3) is 0.278. The van der Waals surface area contributed by atoms with Crippen molar-refractivity contribution in [1.82, 2.24) is 19.7 Å². The molecule has 11 nitrogen and oxygen atoms in total. The number of rotatable bonds is 6. The summed E-state index contributed by atoms with van der Waals surface area (Å²) < 4.78 is 17.0. The van der Waals surface area contributed by atoms with Crippen LogP contribution in [0.4, 0.5) is 5.95 Å². The first-order chi connectivity index (χ1) is 13.8. The van der Waals surface area contributed by atoms with Crippen molar-refractivity contribution in [2.75, 3.05) is 27.1 Å². The average Bonchev–Trinajstić information content (AvgIpc) is 2.69. The molecule has 2 heterocycles. The Morgan fingerprint density at radius 2 is 1.72 bits per heavy atom. The number of ketones is 1. The number of nitrogen functional groups attached to an aromatic ring is 1. The average molecular weight is 401 g/mol. The van der Waals surface area contributed by atoms with E-state index in [4.69, 9.17) is 19.9 Å². The standard InChI is InChI=1S/C18H19N5O6/c1-23-15-13(17(26)21-18(19)20-15)9(16(25)22-23)7-10(24)8-5-11(27-2)14(29-4)12(6-8)28-3/h5-6H,7H2,1-4H3,(H,22,25)(H2,19,21,26). The molecule has 11 heteroatoms. The lowest BCUT2D eigenvalue weighted by molar-refractivity contribution is 0.0991. The third kappa shape index (κ3) is 3.49. The lowest BCUT2D eigenvalue weighted by Crippen LogP contribution is -2.30. The predicted molar refractivity (Wildman–Crippen MR) is 103 cm³/mol. The van der Waals surface area contributed by atoms with Crippen LogP contribution >= 0.6 is 0 Å². The second-order valence-corrected chi connectivity index (χ2v) is 6.08. The Labute approximate surface area is 164 Å². The number of benzene rings is 1. The van der Waals surface area contributed by atoms with Gasteiger partial charge >= 0.3 is 0 Å². The maximum atomic E-state index is 12.9. The first-order valence-electron chi connectivity index (χ1n) is 8.39. The lowest BCUT2D eigenvalue weighted by Gasteiger charge is -2.15. The Kier molecular flexibility index (Phi) is 5.22. The Hall–Kier alpha value is -3.89. The Bertz CT molecular complexity index is 1160. The molecule has 152 valence electrons. The SMILES string of the molecule is COc1cc(C(=O)Cc2c3c(=O)nc(N)nc-3n(C)[nH]c2=O)cc(OC)c1OC. The fourth-order valence-corrected chi connectivity index (χ4v) is 3.01. The van der Waals surface area contributed by atoms with Gasteiger partial charge in [-0.2, -0.15) is 9.97 Å². The van der Waals surface area contributed by atoms with Gasteiger partial charge in [-0.05, 0) is 12.1 Å². The number of nitrogens with two attached hydrogens (primary N) is 1. The normalized spacial score (nSPS) is 10.8. The Morgan fingerprint density at radius 3 is 2.28 bits per heavy atom. The number of fused-ring (bicyclic) bond motifs is 1. The number of Topliss-reactive ketones (excluding diaryl/α,β-unsaturated/α-hetero) is 1. The van der Waals surface area contributed by atoms with E-state index in [1.165, 1.54) is 45.2 Å². The van der Waals surface area contributed by atoms with Gasteiger partial charge in [-0.1, -0.05) is 0 Å². The van der Waals surface area contributed by atoms with Crippen molar-refractivity contribution in [2.24, 2.45) is 7.05 Å². The highest BCUT2D eigenvalue weighted by atomic mass is 16.5. The molecular formula is C18H19N5O6. The van der Waals surface area contributed by atoms with Gasteiger partial charge in [0.1, 0.15) is 0 Å². The van der Waals surface area contributed by atoms with Crippen LogP contribution in [-0.2, 0) is 13.5 Å². The van der Waals surface area contributed by atoms with E-state index in [0.717, 1.165) is 0 Å². The van der Waals surface area contributed by atoms with Crippen LogP contribution in [0.2, 0.25) is 0 Å². The molecule has 2 aliphatic heterocycles. The molecule has 0 spiro atoms. The van der Waals surface area contributed by atoms with Crippen molar-refractivity contribution < 1.29 is 19.0 Å². The van der Waals surface area contributed by atoms with Gasteiger partial charge in [0.05, 0.1) is 26.9 Å². The zero-order valence-corrected chi connectivity index (χ0v) is 16.2. The molecule has 1 aromatic carbocycles. The number of carbonyl (C=O) groups is 1. The summed E-state index contributed by atoms with van der Waals surface area (Å²) in [5.41, 5.74) is 4.29. The van der Waals surface area contributed by atoms with Gasteiger partial charge in [-0.25, -0.2) is 0 Å². The highest BCUT2D eigenvalue weighted by Crippen LogP contribution is 2.38. The van der Waals surface area contributed by atoms with E-state index >= 15 is 0 Å². The first kappa shape index (κ1) is 19.9. The van der Waals surface area contributed by atoms with E-state index in [2.05, 4.69) is 15.1 Å². The monoisotopic (exact) mass is 401 g/mol. The number of aromatic amines is 1. The summed E-state index contributed by atoms with van der Waals surface area (Å²) in [6, 6.07) is 2.94. The highest BCUT2D eigenvalue weighted by Gasteiger charge is 2.24. The van der Waals surface area contributed by atoms with Crippen molar-refractivity contribution in [3.8, 4) is 28.6 Å². The number of nitrogens with one attached hydrogen (secondary N) is 1. The Balaban J connectivity index is 2.12. The number of H-pyrrole nitrogens is 1. The third-order valence-electron chi connectivity index (χ3n) is 4.36. The zero-order valence-electron chi connectivity index (χ0n) is 16.2. The van der Waals surface area contributed by atoms with E-state index < -0.39 is 16.9 Å². The molecule has 0 aromatic heterocycles. The van der Waals surface area contributed by atoms with Crippen LogP contribution in [0.5, 0.6) is 17.2 Å². The smallest absolute Gasteiger partial charge is 0.284 e. The van der Waals surface area contributed by atoms with Gasteiger partial charge in [-0.15, -0.1) is 0 Å². The molecule has 29 heavy (non-hydrogen) atoms. The Morgan fingerprint density at radius 1 is 1.10 bits per heavy atom. The van der Waals surface area contributed by atoms with E-state index in [1.54, 1.807) is 0 Å². The van der Waals surface area contributed by atoms with Crippen LogP contribution in [0.3, 0.4) is 0 Å². The summed E-state index contributed by atoms with van der Waals surface area (Å²) >= 11 is 0. The maximum absolute atomic E-state index is 12.9. The van der Waals surface area contributed by atoms with Crippen LogP contribution in [0, 0.1) is 0 Å². The summed E-state index contributed by atoms with van der Waals surface area (Å²) in [4.78, 5) is 45.3. The largest absolute Gasteiger partial charge is 0.493 e. The quantitative estimate of drug-likeness (QED) is 0.544. The molecule has 0 atom stereocenters. The third-order valence-corrected chi connectivity index (χ3v) is 4.36. The van der Waals surface area contributed by atoms with Crippen molar-refractivity contribution in [2.45, 2.75) is 6.42 Å². The minimum absolute atomic E-state index is 0.0538. The van der Waals surface area contributed by atoms with Crippen molar-refractivity contribution in [3.05, 3.63) is 44.0 Å². The highest BCUT2D eigenvalue weighted by molar-refractivity contribution is 5.99. The second-order valence-electron chi connectivity index (χ2n) is 6.08. The van der Waals surface area contributed by atoms with Gasteiger partial charge in [0, 0.05) is 24.6 Å². The molecule has 0 aliphatic carbocycles. The maximum Gasteiger partial charge on any atom is 0.284 e. The topological polar surface area (TPSA) is 151 Å². The van der Waals surface area contributed by atoms with Gasteiger partial charge in [0.15, 0.2) is 23.1 Å². The molecule has 3 N–H and O–H groups in total. The number of anilines is 1. The minimum Gasteiger partial charge on any atom is -0.493 e. The van der Waals surface area contributed by atoms with Gasteiger partial charge in [-0.3, -0.25) is 24.2 Å². The number of nitrogens with zero attached hydrogens (tertiary/aromatic N) is 3. The molecule has 0 saturated carbocycles.